The van der Waals surface area contributed by atoms with Crippen molar-refractivity contribution in [3.05, 3.63) is 23.0 Å². The fraction of sp³-hybridized carbons (Fsp3) is 0.417. The molecule has 6 heteroatoms. The van der Waals surface area contributed by atoms with Crippen molar-refractivity contribution in [1.82, 2.24) is 4.98 Å². The molecule has 1 aromatic heterocycles. The Bertz CT molecular complexity index is 473. The first-order valence-corrected chi connectivity index (χ1v) is 5.99. The average Bonchev–Trinajstić information content (AvgIpc) is 2.29. The minimum absolute atomic E-state index is 0.0389. The van der Waals surface area contributed by atoms with Gasteiger partial charge in [0.15, 0.2) is 5.75 Å². The number of rotatable bonds is 4. The van der Waals surface area contributed by atoms with Crippen LogP contribution in [0.15, 0.2) is 6.20 Å². The maximum Gasteiger partial charge on any atom is 0.308 e. The monoisotopic (exact) mass is 269 g/mol. The molecule has 0 radical (unpaired) electrons. The number of carbonyl (C=O) groups is 2. The van der Waals surface area contributed by atoms with Crippen LogP contribution in [0.3, 0.4) is 0 Å². The van der Waals surface area contributed by atoms with E-state index in [4.69, 9.17) is 9.47 Å². The van der Waals surface area contributed by atoms with Gasteiger partial charge in [-0.25, -0.2) is 0 Å². The molecule has 0 fully saturated rings. The lowest BCUT2D eigenvalue weighted by Gasteiger charge is -2.14. The lowest BCUT2D eigenvalue weighted by atomic mass is 10.1. The van der Waals surface area contributed by atoms with Gasteiger partial charge in [0.1, 0.15) is 6.61 Å². The first-order chi connectivity index (χ1) is 8.45. The highest BCUT2D eigenvalue weighted by atomic mass is 32.1. The van der Waals surface area contributed by atoms with Crippen molar-refractivity contribution in [2.75, 3.05) is 0 Å². The third-order valence-electron chi connectivity index (χ3n) is 2.24. The topological polar surface area (TPSA) is 65.5 Å². The number of aryl methyl sites for hydroxylation is 1. The van der Waals surface area contributed by atoms with E-state index in [-0.39, 0.29) is 6.61 Å². The molecule has 5 nitrogen and oxygen atoms in total. The minimum Gasteiger partial charge on any atom is -0.461 e. The van der Waals surface area contributed by atoms with Gasteiger partial charge in [-0.15, -0.1) is 0 Å². The maximum atomic E-state index is 11.1. The van der Waals surface area contributed by atoms with Crippen LogP contribution >= 0.6 is 12.6 Å². The summed E-state index contributed by atoms with van der Waals surface area (Å²) in [6.45, 7) is 4.39. The van der Waals surface area contributed by atoms with Crippen molar-refractivity contribution >= 4 is 24.6 Å². The van der Waals surface area contributed by atoms with Crippen molar-refractivity contribution in [2.24, 2.45) is 0 Å². The van der Waals surface area contributed by atoms with Crippen LogP contribution in [0.5, 0.6) is 5.75 Å². The quantitative estimate of drug-likeness (QED) is 0.667. The van der Waals surface area contributed by atoms with Gasteiger partial charge in [-0.05, 0) is 12.5 Å². The molecule has 0 aromatic carbocycles. The summed E-state index contributed by atoms with van der Waals surface area (Å²) >= 11 is 4.18. The summed E-state index contributed by atoms with van der Waals surface area (Å²) in [6, 6.07) is 0. The fourth-order valence-corrected chi connectivity index (χ4v) is 1.70. The van der Waals surface area contributed by atoms with E-state index in [0.29, 0.717) is 22.8 Å². The molecule has 18 heavy (non-hydrogen) atoms. The molecule has 0 saturated heterocycles. The molecule has 0 amide bonds. The van der Waals surface area contributed by atoms with Crippen LogP contribution in [0.25, 0.3) is 0 Å². The molecule has 0 unspecified atom stereocenters. The van der Waals surface area contributed by atoms with Crippen molar-refractivity contribution in [3.8, 4) is 5.75 Å². The molecule has 1 heterocycles. The smallest absolute Gasteiger partial charge is 0.308 e. The summed E-state index contributed by atoms with van der Waals surface area (Å²) in [6.07, 6.45) is 1.63. The Balaban J connectivity index is 3.17. The Morgan fingerprint density at radius 1 is 1.33 bits per heavy atom. The van der Waals surface area contributed by atoms with E-state index in [9.17, 15) is 9.59 Å². The van der Waals surface area contributed by atoms with Crippen molar-refractivity contribution < 1.29 is 19.1 Å². The molecule has 0 N–H and O–H groups in total. The number of carbonyl (C=O) groups excluding carboxylic acids is 2. The second-order valence-corrected chi connectivity index (χ2v) is 4.02. The van der Waals surface area contributed by atoms with E-state index in [0.717, 1.165) is 5.56 Å². The fourth-order valence-electron chi connectivity index (χ4n) is 1.42. The Morgan fingerprint density at radius 2 is 2.00 bits per heavy atom. The lowest BCUT2D eigenvalue weighted by Crippen LogP contribution is -2.10. The largest absolute Gasteiger partial charge is 0.461 e. The summed E-state index contributed by atoms with van der Waals surface area (Å²) in [5, 5.41) is 0. The average molecular weight is 269 g/mol. The van der Waals surface area contributed by atoms with Gasteiger partial charge in [-0.1, -0.05) is 0 Å². The van der Waals surface area contributed by atoms with Crippen molar-refractivity contribution in [1.29, 1.82) is 0 Å². The van der Waals surface area contributed by atoms with E-state index < -0.39 is 11.9 Å². The Labute approximate surface area is 111 Å². The van der Waals surface area contributed by atoms with Gasteiger partial charge in [-0.2, -0.15) is 12.6 Å². The highest BCUT2D eigenvalue weighted by molar-refractivity contribution is 7.79. The predicted octanol–water partition coefficient (Wildman–Crippen LogP) is 1.81. The van der Waals surface area contributed by atoms with Gasteiger partial charge in [0, 0.05) is 31.4 Å². The van der Waals surface area contributed by atoms with Crippen molar-refractivity contribution in [2.45, 2.75) is 33.1 Å². The number of pyridine rings is 1. The molecule has 0 spiro atoms. The summed E-state index contributed by atoms with van der Waals surface area (Å²) < 4.78 is 10.1. The minimum atomic E-state index is -0.444. The molecule has 1 aromatic rings. The third kappa shape index (κ3) is 3.73. The van der Waals surface area contributed by atoms with Gasteiger partial charge in [0.05, 0.1) is 5.69 Å². The van der Waals surface area contributed by atoms with Crippen LogP contribution in [0.4, 0.5) is 0 Å². The Hall–Kier alpha value is -1.56. The maximum absolute atomic E-state index is 11.1. The normalized spacial score (nSPS) is 10.0. The number of nitrogens with zero attached hydrogens (tertiary/aromatic N) is 1. The zero-order valence-electron chi connectivity index (χ0n) is 10.5. The van der Waals surface area contributed by atoms with Gasteiger partial charge in [0.2, 0.25) is 0 Å². The van der Waals surface area contributed by atoms with Crippen LogP contribution in [-0.2, 0) is 26.7 Å². The zero-order chi connectivity index (χ0) is 13.7. The van der Waals surface area contributed by atoms with E-state index in [2.05, 4.69) is 17.6 Å². The number of esters is 2. The molecule has 0 bridgehead atoms. The van der Waals surface area contributed by atoms with E-state index in [1.807, 2.05) is 0 Å². The van der Waals surface area contributed by atoms with Gasteiger partial charge >= 0.3 is 11.9 Å². The molecular weight excluding hydrogens is 254 g/mol. The Kier molecular flexibility index (Phi) is 5.15. The number of hydrogen-bond donors (Lipinski definition) is 1. The number of aromatic nitrogens is 1. The highest BCUT2D eigenvalue weighted by Gasteiger charge is 2.16. The van der Waals surface area contributed by atoms with Gasteiger partial charge in [0.25, 0.3) is 0 Å². The molecular formula is C12H15NO4S. The number of thiol groups is 1. The first-order valence-electron chi connectivity index (χ1n) is 5.35. The van der Waals surface area contributed by atoms with Crippen LogP contribution in [-0.4, -0.2) is 16.9 Å². The van der Waals surface area contributed by atoms with E-state index >= 15 is 0 Å². The molecule has 0 saturated carbocycles. The Morgan fingerprint density at radius 3 is 2.50 bits per heavy atom. The molecule has 0 aliphatic heterocycles. The first kappa shape index (κ1) is 14.5. The van der Waals surface area contributed by atoms with Crippen molar-refractivity contribution in [3.63, 3.8) is 0 Å². The van der Waals surface area contributed by atoms with Gasteiger partial charge in [-0.3, -0.25) is 14.6 Å². The second-order valence-electron chi connectivity index (χ2n) is 3.71. The molecule has 0 atom stereocenters. The van der Waals surface area contributed by atoms with E-state index in [1.165, 1.54) is 13.8 Å². The zero-order valence-corrected chi connectivity index (χ0v) is 11.4. The lowest BCUT2D eigenvalue weighted by molar-refractivity contribution is -0.142. The van der Waals surface area contributed by atoms with E-state index in [1.54, 1.807) is 13.1 Å². The second kappa shape index (κ2) is 6.39. The number of ether oxygens (including phenoxy) is 2. The molecule has 98 valence electrons. The van der Waals surface area contributed by atoms with Crippen LogP contribution in [0.1, 0.15) is 30.7 Å². The van der Waals surface area contributed by atoms with Crippen LogP contribution < -0.4 is 4.74 Å². The predicted molar refractivity (Wildman–Crippen MR) is 68.4 cm³/mol. The standard InChI is InChI=1S/C12H15NO4S/c1-7-12(17-9(3)15)11(5-16-8(2)14)10(6-18)4-13-7/h4,18H,5-6H2,1-3H3. The third-order valence-corrected chi connectivity index (χ3v) is 2.58. The summed E-state index contributed by atoms with van der Waals surface area (Å²) in [4.78, 5) is 26.1. The highest BCUT2D eigenvalue weighted by Crippen LogP contribution is 2.27. The summed E-state index contributed by atoms with van der Waals surface area (Å²) in [5.74, 6) is -0.0862. The van der Waals surface area contributed by atoms with Gasteiger partial charge < -0.3 is 9.47 Å². The number of hydrogen-bond acceptors (Lipinski definition) is 6. The SMILES string of the molecule is CC(=O)OCc1c(CS)cnc(C)c1OC(C)=O. The van der Waals surface area contributed by atoms with Crippen LogP contribution in [0, 0.1) is 6.92 Å². The summed E-state index contributed by atoms with van der Waals surface area (Å²) in [5.41, 5.74) is 1.96. The van der Waals surface area contributed by atoms with Crippen LogP contribution in [0.2, 0.25) is 0 Å². The molecule has 1 rings (SSSR count). The molecule has 0 aliphatic rings. The summed E-state index contributed by atoms with van der Waals surface area (Å²) in [7, 11) is 0. The molecule has 0 aliphatic carbocycles.